The summed E-state index contributed by atoms with van der Waals surface area (Å²) in [4.78, 5) is 25.7. The van der Waals surface area contributed by atoms with Crippen molar-refractivity contribution in [2.75, 3.05) is 37.0 Å². The second-order valence-electron chi connectivity index (χ2n) is 6.38. The average molecular weight is 324 g/mol. The van der Waals surface area contributed by atoms with E-state index in [4.69, 9.17) is 4.74 Å². The fourth-order valence-electron chi connectivity index (χ4n) is 4.03. The van der Waals surface area contributed by atoms with Gasteiger partial charge in [-0.1, -0.05) is 18.2 Å². The van der Waals surface area contributed by atoms with Gasteiger partial charge in [-0.05, 0) is 24.5 Å². The maximum atomic E-state index is 13.1. The van der Waals surface area contributed by atoms with Crippen LogP contribution in [0.1, 0.15) is 18.4 Å². The van der Waals surface area contributed by atoms with Crippen LogP contribution in [0.5, 0.6) is 5.88 Å². The van der Waals surface area contributed by atoms with Crippen LogP contribution < -0.4 is 14.5 Å². The Morgan fingerprint density at radius 1 is 1.21 bits per heavy atom. The van der Waals surface area contributed by atoms with Gasteiger partial charge in [0.05, 0.1) is 12.5 Å². The van der Waals surface area contributed by atoms with E-state index in [1.165, 1.54) is 0 Å². The van der Waals surface area contributed by atoms with Crippen molar-refractivity contribution < 1.29 is 9.53 Å². The number of hydrogen-bond acceptors (Lipinski definition) is 5. The third-order valence-electron chi connectivity index (χ3n) is 5.13. The number of nitrogens with zero attached hydrogens (tertiary/aromatic N) is 4. The molecule has 2 aliphatic rings. The molecule has 6 heteroatoms. The van der Waals surface area contributed by atoms with E-state index < -0.39 is 5.41 Å². The van der Waals surface area contributed by atoms with Gasteiger partial charge in [-0.2, -0.15) is 0 Å². The minimum Gasteiger partial charge on any atom is -0.478 e. The highest BCUT2D eigenvalue weighted by atomic mass is 16.5. The zero-order valence-electron chi connectivity index (χ0n) is 13.9. The molecule has 0 radical (unpaired) electrons. The molecule has 0 bridgehead atoms. The molecule has 0 N–H and O–H groups in total. The average Bonchev–Trinajstić information content (AvgIpc) is 2.84. The summed E-state index contributed by atoms with van der Waals surface area (Å²) < 4.78 is 5.36. The number of likely N-dealkylation sites (N-methyl/N-ethyl adjacent to an activating group) is 1. The van der Waals surface area contributed by atoms with E-state index in [0.29, 0.717) is 18.2 Å². The van der Waals surface area contributed by atoms with Crippen LogP contribution >= 0.6 is 0 Å². The van der Waals surface area contributed by atoms with Gasteiger partial charge in [-0.3, -0.25) is 4.79 Å². The van der Waals surface area contributed by atoms with Crippen molar-refractivity contribution in [1.82, 2.24) is 9.97 Å². The summed E-state index contributed by atoms with van der Waals surface area (Å²) in [6, 6.07) is 8.08. The fraction of sp³-hybridized carbons (Fsp3) is 0.389. The Balaban J connectivity index is 1.77. The zero-order chi connectivity index (χ0) is 16.7. The number of fused-ring (bicyclic) bond motifs is 2. The Bertz CT molecular complexity index is 794. The van der Waals surface area contributed by atoms with Crippen molar-refractivity contribution in [3.8, 4) is 5.88 Å². The summed E-state index contributed by atoms with van der Waals surface area (Å²) >= 11 is 0. The summed E-state index contributed by atoms with van der Waals surface area (Å²) in [5.74, 6) is 1.37. The molecule has 1 saturated heterocycles. The molecule has 6 nitrogen and oxygen atoms in total. The molecule has 2 aliphatic heterocycles. The molecule has 1 fully saturated rings. The number of amides is 1. The number of para-hydroxylation sites is 1. The molecule has 124 valence electrons. The number of rotatable bonds is 2. The van der Waals surface area contributed by atoms with E-state index in [1.807, 2.05) is 25.2 Å². The van der Waals surface area contributed by atoms with E-state index in [1.54, 1.807) is 24.4 Å². The van der Waals surface area contributed by atoms with Crippen LogP contribution in [0.15, 0.2) is 36.7 Å². The van der Waals surface area contributed by atoms with Gasteiger partial charge in [0.15, 0.2) is 5.82 Å². The number of aromatic nitrogens is 2. The van der Waals surface area contributed by atoms with Gasteiger partial charge in [-0.15, -0.1) is 0 Å². The van der Waals surface area contributed by atoms with Crippen molar-refractivity contribution in [1.29, 1.82) is 0 Å². The number of ether oxygens (including phenoxy) is 1. The lowest BCUT2D eigenvalue weighted by Crippen LogP contribution is -2.51. The quantitative estimate of drug-likeness (QED) is 0.846. The van der Waals surface area contributed by atoms with Crippen molar-refractivity contribution in [3.63, 3.8) is 0 Å². The van der Waals surface area contributed by atoms with E-state index in [9.17, 15) is 4.79 Å². The van der Waals surface area contributed by atoms with Crippen LogP contribution in [-0.2, 0) is 10.2 Å². The van der Waals surface area contributed by atoms with Crippen LogP contribution in [0.25, 0.3) is 0 Å². The molecule has 0 saturated carbocycles. The van der Waals surface area contributed by atoms with E-state index in [2.05, 4.69) is 20.9 Å². The predicted molar refractivity (Wildman–Crippen MR) is 91.6 cm³/mol. The number of carbonyl (C=O) groups is 1. The SMILES string of the molecule is COc1nccnc1N1CCC[C@]2(C1)C(=O)N(C)c1ccccc12. The molecule has 1 spiro atoms. The van der Waals surface area contributed by atoms with Crippen LogP contribution in [0, 0.1) is 0 Å². The lowest BCUT2D eigenvalue weighted by atomic mass is 9.75. The van der Waals surface area contributed by atoms with Gasteiger partial charge in [0.2, 0.25) is 5.91 Å². The first kappa shape index (κ1) is 14.9. The molecule has 0 unspecified atom stereocenters. The third kappa shape index (κ3) is 1.99. The zero-order valence-corrected chi connectivity index (χ0v) is 13.9. The lowest BCUT2D eigenvalue weighted by Gasteiger charge is -2.40. The Morgan fingerprint density at radius 2 is 2.00 bits per heavy atom. The number of piperidine rings is 1. The summed E-state index contributed by atoms with van der Waals surface area (Å²) in [7, 11) is 3.45. The number of carbonyl (C=O) groups excluding carboxylic acids is 1. The molecule has 2 aromatic rings. The van der Waals surface area contributed by atoms with Gasteiger partial charge >= 0.3 is 0 Å². The molecule has 3 heterocycles. The molecular formula is C18H20N4O2. The first-order valence-corrected chi connectivity index (χ1v) is 8.15. The van der Waals surface area contributed by atoms with E-state index in [-0.39, 0.29) is 5.91 Å². The first-order valence-electron chi connectivity index (χ1n) is 8.15. The minimum absolute atomic E-state index is 0.163. The van der Waals surface area contributed by atoms with E-state index >= 15 is 0 Å². The molecule has 1 aromatic heterocycles. The highest BCUT2D eigenvalue weighted by molar-refractivity contribution is 6.08. The van der Waals surface area contributed by atoms with Crippen LogP contribution in [0.2, 0.25) is 0 Å². The molecule has 1 aromatic carbocycles. The highest BCUT2D eigenvalue weighted by Crippen LogP contribution is 2.47. The Labute approximate surface area is 141 Å². The van der Waals surface area contributed by atoms with Crippen molar-refractivity contribution >= 4 is 17.4 Å². The van der Waals surface area contributed by atoms with Gasteiger partial charge in [-0.25, -0.2) is 9.97 Å². The monoisotopic (exact) mass is 324 g/mol. The molecule has 1 atom stereocenters. The molecular weight excluding hydrogens is 304 g/mol. The lowest BCUT2D eigenvalue weighted by molar-refractivity contribution is -0.123. The first-order chi connectivity index (χ1) is 11.7. The second-order valence-corrected chi connectivity index (χ2v) is 6.38. The molecule has 0 aliphatic carbocycles. The second kappa shape index (κ2) is 5.47. The van der Waals surface area contributed by atoms with Crippen LogP contribution in [0.3, 0.4) is 0 Å². The fourth-order valence-corrected chi connectivity index (χ4v) is 4.03. The topological polar surface area (TPSA) is 58.6 Å². The third-order valence-corrected chi connectivity index (χ3v) is 5.13. The Hall–Kier alpha value is -2.63. The standard InChI is InChI=1S/C18H20N4O2/c1-21-14-7-4-3-6-13(14)18(17(21)23)8-5-11-22(12-18)15-16(24-2)20-10-9-19-15/h3-4,6-7,9-10H,5,8,11-12H2,1-2H3/t18-/m1/s1. The maximum Gasteiger partial charge on any atom is 0.257 e. The van der Waals surface area contributed by atoms with Gasteiger partial charge < -0.3 is 14.5 Å². The maximum absolute atomic E-state index is 13.1. The Kier molecular flexibility index (Phi) is 3.40. The molecule has 1 amide bonds. The molecule has 24 heavy (non-hydrogen) atoms. The summed E-state index contributed by atoms with van der Waals surface area (Å²) in [5.41, 5.74) is 1.62. The van der Waals surface area contributed by atoms with Gasteiger partial charge in [0, 0.05) is 38.2 Å². The normalized spacial score (nSPS) is 22.8. The predicted octanol–water partition coefficient (Wildman–Crippen LogP) is 2.00. The smallest absolute Gasteiger partial charge is 0.257 e. The van der Waals surface area contributed by atoms with Gasteiger partial charge in [0.25, 0.3) is 5.88 Å². The van der Waals surface area contributed by atoms with Crippen molar-refractivity contribution in [3.05, 3.63) is 42.2 Å². The van der Waals surface area contributed by atoms with Crippen molar-refractivity contribution in [2.45, 2.75) is 18.3 Å². The number of methoxy groups -OCH3 is 1. The Morgan fingerprint density at radius 3 is 2.83 bits per heavy atom. The summed E-state index contributed by atoms with van der Waals surface area (Å²) in [6.45, 7) is 1.44. The largest absolute Gasteiger partial charge is 0.478 e. The van der Waals surface area contributed by atoms with Crippen molar-refractivity contribution in [2.24, 2.45) is 0 Å². The summed E-state index contributed by atoms with van der Waals surface area (Å²) in [5, 5.41) is 0. The van der Waals surface area contributed by atoms with Gasteiger partial charge in [0.1, 0.15) is 0 Å². The molecule has 4 rings (SSSR count). The number of benzene rings is 1. The minimum atomic E-state index is -0.508. The highest BCUT2D eigenvalue weighted by Gasteiger charge is 2.52. The van der Waals surface area contributed by atoms with Crippen LogP contribution in [0.4, 0.5) is 11.5 Å². The van der Waals surface area contributed by atoms with Crippen LogP contribution in [-0.4, -0.2) is 43.1 Å². The number of hydrogen-bond donors (Lipinski definition) is 0. The summed E-state index contributed by atoms with van der Waals surface area (Å²) in [6.07, 6.45) is 5.06. The van der Waals surface area contributed by atoms with E-state index in [0.717, 1.165) is 30.6 Å². The number of anilines is 2.